The Hall–Kier alpha value is -3.60. The lowest BCUT2D eigenvalue weighted by Gasteiger charge is -2.34. The molecule has 3 aliphatic rings. The summed E-state index contributed by atoms with van der Waals surface area (Å²) >= 11 is 0. The molecule has 1 aromatic carbocycles. The summed E-state index contributed by atoms with van der Waals surface area (Å²) < 4.78 is 16.1. The van der Waals surface area contributed by atoms with Gasteiger partial charge in [0.15, 0.2) is 5.60 Å². The Morgan fingerprint density at radius 3 is 2.42 bits per heavy atom. The first kappa shape index (κ1) is 20.7. The fourth-order valence-electron chi connectivity index (χ4n) is 4.40. The molecule has 11 nitrogen and oxygen atoms in total. The topological polar surface area (TPSA) is 142 Å². The number of carbonyl (C=O) groups is 4. The number of imide groups is 1. The van der Waals surface area contributed by atoms with E-state index in [4.69, 9.17) is 14.2 Å². The van der Waals surface area contributed by atoms with Gasteiger partial charge in [-0.3, -0.25) is 29.3 Å². The van der Waals surface area contributed by atoms with Crippen LogP contribution in [0.1, 0.15) is 19.4 Å². The number of rotatable bonds is 5. The van der Waals surface area contributed by atoms with Crippen molar-refractivity contribution in [3.8, 4) is 0 Å². The maximum atomic E-state index is 13.4. The van der Waals surface area contributed by atoms with E-state index in [1.165, 1.54) is 18.2 Å². The van der Waals surface area contributed by atoms with Crippen molar-refractivity contribution in [2.45, 2.75) is 38.8 Å². The number of benzene rings is 1. The predicted molar refractivity (Wildman–Crippen MR) is 101 cm³/mol. The zero-order valence-corrected chi connectivity index (χ0v) is 16.8. The lowest BCUT2D eigenvalue weighted by molar-refractivity contribution is -0.385. The van der Waals surface area contributed by atoms with Gasteiger partial charge in [-0.2, -0.15) is 0 Å². The molecule has 1 aromatic rings. The molecule has 11 heteroatoms. The maximum absolute atomic E-state index is 13.4. The highest BCUT2D eigenvalue weighted by Gasteiger charge is 2.72. The van der Waals surface area contributed by atoms with Gasteiger partial charge in [-0.15, -0.1) is 0 Å². The molecule has 0 aliphatic carbocycles. The molecule has 2 amide bonds. The Morgan fingerprint density at radius 2 is 1.84 bits per heavy atom. The number of anilines is 1. The quantitative estimate of drug-likeness (QED) is 0.168. The third-order valence-corrected chi connectivity index (χ3v) is 5.64. The van der Waals surface area contributed by atoms with Crippen LogP contribution in [0.2, 0.25) is 0 Å². The van der Waals surface area contributed by atoms with Crippen LogP contribution in [0.4, 0.5) is 11.4 Å². The largest absolute Gasteiger partial charge is 0.422 e. The molecule has 0 spiro atoms. The number of nitrogens with zero attached hydrogens (tertiary/aromatic N) is 2. The average molecular weight is 430 g/mol. The van der Waals surface area contributed by atoms with Crippen molar-refractivity contribution in [3.05, 3.63) is 46.0 Å². The molecule has 0 aromatic heterocycles. The van der Waals surface area contributed by atoms with Crippen LogP contribution < -0.4 is 4.90 Å². The van der Waals surface area contributed by atoms with Crippen LogP contribution in [0.3, 0.4) is 0 Å². The van der Waals surface area contributed by atoms with Crippen molar-refractivity contribution in [3.63, 3.8) is 0 Å². The summed E-state index contributed by atoms with van der Waals surface area (Å²) in [6.07, 6.45) is 0.623. The van der Waals surface area contributed by atoms with Gasteiger partial charge in [-0.1, -0.05) is 12.1 Å². The third kappa shape index (κ3) is 3.00. The molecule has 2 fully saturated rings. The minimum atomic E-state index is -1.68. The molecule has 31 heavy (non-hydrogen) atoms. The second-order valence-electron chi connectivity index (χ2n) is 7.59. The van der Waals surface area contributed by atoms with E-state index in [-0.39, 0.29) is 11.4 Å². The van der Waals surface area contributed by atoms with Crippen molar-refractivity contribution in [2.24, 2.45) is 11.8 Å². The molecule has 2 saturated heterocycles. The van der Waals surface area contributed by atoms with Crippen molar-refractivity contribution in [2.75, 3.05) is 4.90 Å². The average Bonchev–Trinajstić information content (AvgIpc) is 3.32. The van der Waals surface area contributed by atoms with E-state index in [9.17, 15) is 29.3 Å². The molecule has 0 saturated carbocycles. The van der Waals surface area contributed by atoms with Gasteiger partial charge in [0.05, 0.1) is 28.6 Å². The van der Waals surface area contributed by atoms with Crippen LogP contribution in [-0.4, -0.2) is 46.7 Å². The number of hydrogen-bond donors (Lipinski definition) is 0. The standard InChI is InChI=1S/C20H18N2O9/c1-9-4-5-12(8-13(9)22(27)28)21-17(25)15-14-6-7-20(31-14,16(15)18(21)26)19(29-10(2)23)30-11(3)24/h4-8,14-16,19H,1-3H3/t14-,15-,16-,20-/m0/s1. The number of aryl methyl sites for hydroxylation is 1. The van der Waals surface area contributed by atoms with Crippen molar-refractivity contribution in [1.82, 2.24) is 0 Å². The van der Waals surface area contributed by atoms with E-state index >= 15 is 0 Å². The van der Waals surface area contributed by atoms with Crippen molar-refractivity contribution >= 4 is 35.1 Å². The number of esters is 2. The third-order valence-electron chi connectivity index (χ3n) is 5.64. The molecule has 2 bridgehead atoms. The zero-order chi connectivity index (χ0) is 22.7. The molecular weight excluding hydrogens is 412 g/mol. The number of carbonyl (C=O) groups excluding carboxylic acids is 4. The Morgan fingerprint density at radius 1 is 1.19 bits per heavy atom. The van der Waals surface area contributed by atoms with Crippen molar-refractivity contribution < 1.29 is 38.3 Å². The minimum Gasteiger partial charge on any atom is -0.422 e. The number of amides is 2. The molecule has 3 aliphatic heterocycles. The van der Waals surface area contributed by atoms with Crippen LogP contribution in [-0.2, 0) is 33.4 Å². The highest BCUT2D eigenvalue weighted by Crippen LogP contribution is 2.54. The maximum Gasteiger partial charge on any atom is 0.305 e. The van der Waals surface area contributed by atoms with Crippen LogP contribution in [0, 0.1) is 28.9 Å². The normalized spacial score (nSPS) is 28.3. The van der Waals surface area contributed by atoms with Gasteiger partial charge in [-0.25, -0.2) is 4.90 Å². The fraction of sp³-hybridized carbons (Fsp3) is 0.400. The molecule has 0 unspecified atom stereocenters. The summed E-state index contributed by atoms with van der Waals surface area (Å²) in [5.74, 6) is -4.93. The smallest absolute Gasteiger partial charge is 0.305 e. The predicted octanol–water partition coefficient (Wildman–Crippen LogP) is 1.17. The van der Waals surface area contributed by atoms with E-state index in [0.29, 0.717) is 5.56 Å². The molecule has 4 atom stereocenters. The SMILES string of the molecule is CC(=O)OC(OC(C)=O)[C@@]12C=C[C@H](O1)[C@@H]1C(=O)N(c3ccc(C)c([N+](=O)[O-])c3)C(=O)[C@H]12. The second-order valence-corrected chi connectivity index (χ2v) is 7.59. The lowest BCUT2D eigenvalue weighted by Crippen LogP contribution is -2.52. The summed E-state index contributed by atoms with van der Waals surface area (Å²) in [6, 6.07) is 4.05. The number of ether oxygens (including phenoxy) is 3. The zero-order valence-electron chi connectivity index (χ0n) is 16.8. The van der Waals surface area contributed by atoms with Crippen LogP contribution in [0.25, 0.3) is 0 Å². The molecule has 162 valence electrons. The molecule has 0 radical (unpaired) electrons. The minimum absolute atomic E-state index is 0.0489. The van der Waals surface area contributed by atoms with E-state index in [1.54, 1.807) is 13.0 Å². The van der Waals surface area contributed by atoms with E-state index in [2.05, 4.69) is 0 Å². The van der Waals surface area contributed by atoms with Crippen LogP contribution in [0.15, 0.2) is 30.4 Å². The van der Waals surface area contributed by atoms with Gasteiger partial charge in [-0.05, 0) is 19.1 Å². The van der Waals surface area contributed by atoms with Gasteiger partial charge in [0.1, 0.15) is 0 Å². The molecular formula is C20H18N2O9. The van der Waals surface area contributed by atoms with E-state index < -0.39 is 58.5 Å². The van der Waals surface area contributed by atoms with Crippen LogP contribution >= 0.6 is 0 Å². The molecule has 0 N–H and O–H groups in total. The first-order valence-corrected chi connectivity index (χ1v) is 9.41. The monoisotopic (exact) mass is 430 g/mol. The second kappa shape index (κ2) is 6.98. The Bertz CT molecular complexity index is 1050. The highest BCUT2D eigenvalue weighted by molar-refractivity contribution is 6.23. The van der Waals surface area contributed by atoms with Gasteiger partial charge < -0.3 is 14.2 Å². The fourth-order valence-corrected chi connectivity index (χ4v) is 4.40. The Labute approximate surface area is 175 Å². The van der Waals surface area contributed by atoms with E-state index in [0.717, 1.165) is 24.8 Å². The molecule has 4 rings (SSSR count). The van der Waals surface area contributed by atoms with E-state index in [1.807, 2.05) is 0 Å². The number of nitro groups is 1. The highest BCUT2D eigenvalue weighted by atomic mass is 16.7. The summed E-state index contributed by atoms with van der Waals surface area (Å²) in [6.45, 7) is 3.75. The first-order valence-electron chi connectivity index (χ1n) is 9.41. The van der Waals surface area contributed by atoms with Crippen molar-refractivity contribution in [1.29, 1.82) is 0 Å². The lowest BCUT2D eigenvalue weighted by atomic mass is 9.76. The Balaban J connectivity index is 1.76. The van der Waals surface area contributed by atoms with Gasteiger partial charge in [0, 0.05) is 25.5 Å². The Kier molecular flexibility index (Phi) is 4.65. The number of fused-ring (bicyclic) bond motifs is 5. The summed E-state index contributed by atoms with van der Waals surface area (Å²) in [5, 5.41) is 11.3. The van der Waals surface area contributed by atoms with Gasteiger partial charge >= 0.3 is 11.9 Å². The number of nitro benzene ring substituents is 1. The van der Waals surface area contributed by atoms with Gasteiger partial charge in [0.25, 0.3) is 12.0 Å². The molecule has 3 heterocycles. The summed E-state index contributed by atoms with van der Waals surface area (Å²) in [5.41, 5.74) is -1.49. The summed E-state index contributed by atoms with van der Waals surface area (Å²) in [7, 11) is 0. The van der Waals surface area contributed by atoms with Crippen LogP contribution in [0.5, 0.6) is 0 Å². The van der Waals surface area contributed by atoms with Gasteiger partial charge in [0.2, 0.25) is 11.8 Å². The number of hydrogen-bond acceptors (Lipinski definition) is 9. The summed E-state index contributed by atoms with van der Waals surface area (Å²) in [4.78, 5) is 61.3. The first-order chi connectivity index (χ1) is 14.6.